The van der Waals surface area contributed by atoms with Crippen molar-refractivity contribution in [1.82, 2.24) is 4.90 Å². The van der Waals surface area contributed by atoms with E-state index in [1.807, 2.05) is 13.8 Å². The Morgan fingerprint density at radius 3 is 2.48 bits per heavy atom. The van der Waals surface area contributed by atoms with Crippen LogP contribution in [0.1, 0.15) is 30.6 Å². The number of methoxy groups -OCH3 is 1. The van der Waals surface area contributed by atoms with Crippen LogP contribution < -0.4 is 10.5 Å². The van der Waals surface area contributed by atoms with Gasteiger partial charge < -0.3 is 20.6 Å². The molecule has 0 radical (unpaired) electrons. The number of amides is 1. The molecule has 0 bridgehead atoms. The molecule has 0 spiro atoms. The molecular formula is C15H23N3O3. The Labute approximate surface area is 125 Å². The number of oxime groups is 1. The lowest BCUT2D eigenvalue weighted by molar-refractivity contribution is 0.0740. The number of ether oxygens (including phenoxy) is 1. The highest BCUT2D eigenvalue weighted by atomic mass is 16.5. The van der Waals surface area contributed by atoms with Crippen LogP contribution in [0.3, 0.4) is 0 Å². The molecule has 1 rings (SSSR count). The molecule has 0 aliphatic carbocycles. The van der Waals surface area contributed by atoms with Crippen LogP contribution in [0.4, 0.5) is 0 Å². The lowest BCUT2D eigenvalue weighted by atomic mass is 10.1. The van der Waals surface area contributed by atoms with E-state index < -0.39 is 0 Å². The third kappa shape index (κ3) is 5.33. The van der Waals surface area contributed by atoms with E-state index in [9.17, 15) is 4.79 Å². The van der Waals surface area contributed by atoms with Crippen molar-refractivity contribution in [1.29, 1.82) is 0 Å². The Morgan fingerprint density at radius 1 is 1.38 bits per heavy atom. The number of amidine groups is 1. The molecule has 0 aliphatic rings. The van der Waals surface area contributed by atoms with Gasteiger partial charge in [0.05, 0.1) is 7.11 Å². The van der Waals surface area contributed by atoms with Gasteiger partial charge in [-0.1, -0.05) is 19.0 Å². The van der Waals surface area contributed by atoms with E-state index in [1.165, 1.54) is 0 Å². The number of hydrogen-bond donors (Lipinski definition) is 2. The first-order chi connectivity index (χ1) is 9.97. The summed E-state index contributed by atoms with van der Waals surface area (Å²) in [6.07, 6.45) is 0.338. The largest absolute Gasteiger partial charge is 0.497 e. The number of nitrogens with zero attached hydrogens (tertiary/aromatic N) is 2. The van der Waals surface area contributed by atoms with E-state index in [1.54, 1.807) is 36.3 Å². The number of carbonyl (C=O) groups is 1. The number of rotatable bonds is 7. The molecule has 21 heavy (non-hydrogen) atoms. The number of nitrogens with two attached hydrogens (primary N) is 1. The standard InChI is InChI=1S/C15H23N3O3/c1-11(2)10-18(9-8-14(16)17-20)15(19)12-4-6-13(21-3)7-5-12/h4-7,11,20H,8-10H2,1-3H3,(H2,16,17). The topological polar surface area (TPSA) is 88.2 Å². The zero-order chi connectivity index (χ0) is 15.8. The molecule has 6 heteroatoms. The lowest BCUT2D eigenvalue weighted by Gasteiger charge is -2.24. The van der Waals surface area contributed by atoms with Gasteiger partial charge in [-0.05, 0) is 30.2 Å². The van der Waals surface area contributed by atoms with Crippen LogP contribution in [0.15, 0.2) is 29.4 Å². The van der Waals surface area contributed by atoms with E-state index in [4.69, 9.17) is 15.7 Å². The molecule has 0 atom stereocenters. The van der Waals surface area contributed by atoms with Gasteiger partial charge in [0.1, 0.15) is 11.6 Å². The van der Waals surface area contributed by atoms with Gasteiger partial charge >= 0.3 is 0 Å². The minimum absolute atomic E-state index is 0.0721. The first kappa shape index (κ1) is 16.8. The molecule has 1 aromatic carbocycles. The summed E-state index contributed by atoms with van der Waals surface area (Å²) in [6, 6.07) is 6.98. The molecule has 0 heterocycles. The second-order valence-electron chi connectivity index (χ2n) is 5.21. The van der Waals surface area contributed by atoms with Crippen LogP contribution in [0.5, 0.6) is 5.75 Å². The molecule has 6 nitrogen and oxygen atoms in total. The highest BCUT2D eigenvalue weighted by Crippen LogP contribution is 2.14. The van der Waals surface area contributed by atoms with Gasteiger partial charge in [0.15, 0.2) is 0 Å². The number of benzene rings is 1. The smallest absolute Gasteiger partial charge is 0.253 e. The van der Waals surface area contributed by atoms with Crippen molar-refractivity contribution in [3.05, 3.63) is 29.8 Å². The van der Waals surface area contributed by atoms with Crippen LogP contribution >= 0.6 is 0 Å². The van der Waals surface area contributed by atoms with Crippen molar-refractivity contribution < 1.29 is 14.7 Å². The lowest BCUT2D eigenvalue weighted by Crippen LogP contribution is -2.36. The molecule has 3 N–H and O–H groups in total. The van der Waals surface area contributed by atoms with Gasteiger partial charge in [-0.15, -0.1) is 0 Å². The Bertz CT molecular complexity index is 483. The van der Waals surface area contributed by atoms with Gasteiger partial charge in [-0.3, -0.25) is 4.79 Å². The molecule has 1 amide bonds. The predicted octanol–water partition coefficient (Wildman–Crippen LogP) is 1.93. The van der Waals surface area contributed by atoms with Gasteiger partial charge in [0, 0.05) is 25.1 Å². The second kappa shape index (κ2) is 8.14. The maximum absolute atomic E-state index is 12.5. The minimum Gasteiger partial charge on any atom is -0.497 e. The highest BCUT2D eigenvalue weighted by molar-refractivity contribution is 5.94. The fourth-order valence-electron chi connectivity index (χ4n) is 1.93. The van der Waals surface area contributed by atoms with Crippen molar-refractivity contribution in [2.24, 2.45) is 16.8 Å². The fourth-order valence-corrected chi connectivity index (χ4v) is 1.93. The third-order valence-electron chi connectivity index (χ3n) is 2.98. The first-order valence-electron chi connectivity index (χ1n) is 6.87. The summed E-state index contributed by atoms with van der Waals surface area (Å²) in [5.41, 5.74) is 6.07. The third-order valence-corrected chi connectivity index (χ3v) is 2.98. The van der Waals surface area contributed by atoms with Crippen LogP contribution in [0, 0.1) is 5.92 Å². The summed E-state index contributed by atoms with van der Waals surface area (Å²) in [4.78, 5) is 14.2. The van der Waals surface area contributed by atoms with Crippen LogP contribution in [-0.4, -0.2) is 42.0 Å². The summed E-state index contributed by atoms with van der Waals surface area (Å²) in [5, 5.41) is 11.5. The SMILES string of the molecule is COc1ccc(C(=O)N(CCC(N)=NO)CC(C)C)cc1. The van der Waals surface area contributed by atoms with Gasteiger partial charge in [0.25, 0.3) is 5.91 Å². The number of carbonyl (C=O) groups excluding carboxylic acids is 1. The van der Waals surface area contributed by atoms with Crippen molar-refractivity contribution in [3.63, 3.8) is 0 Å². The van der Waals surface area contributed by atoms with Crippen LogP contribution in [0.2, 0.25) is 0 Å². The second-order valence-corrected chi connectivity index (χ2v) is 5.21. The van der Waals surface area contributed by atoms with Crippen LogP contribution in [0.25, 0.3) is 0 Å². The minimum atomic E-state index is -0.0721. The summed E-state index contributed by atoms with van der Waals surface area (Å²) < 4.78 is 5.08. The predicted molar refractivity (Wildman–Crippen MR) is 81.8 cm³/mol. The Balaban J connectivity index is 2.82. The first-order valence-corrected chi connectivity index (χ1v) is 6.87. The van der Waals surface area contributed by atoms with Crippen molar-refractivity contribution >= 4 is 11.7 Å². The van der Waals surface area contributed by atoms with E-state index in [2.05, 4.69) is 5.16 Å². The maximum atomic E-state index is 12.5. The molecular weight excluding hydrogens is 270 g/mol. The molecule has 0 aromatic heterocycles. The zero-order valence-corrected chi connectivity index (χ0v) is 12.7. The van der Waals surface area contributed by atoms with E-state index in [-0.39, 0.29) is 11.7 Å². The summed E-state index contributed by atoms with van der Waals surface area (Å²) in [5.74, 6) is 1.08. The molecule has 0 aliphatic heterocycles. The molecule has 1 aromatic rings. The van der Waals surface area contributed by atoms with E-state index in [0.717, 1.165) is 0 Å². The normalized spacial score (nSPS) is 11.5. The summed E-state index contributed by atoms with van der Waals surface area (Å²) in [7, 11) is 1.58. The van der Waals surface area contributed by atoms with Crippen molar-refractivity contribution in [3.8, 4) is 5.75 Å². The van der Waals surface area contributed by atoms with Crippen LogP contribution in [-0.2, 0) is 0 Å². The average Bonchev–Trinajstić information content (AvgIpc) is 2.50. The quantitative estimate of drug-likeness (QED) is 0.348. The molecule has 0 unspecified atom stereocenters. The Morgan fingerprint density at radius 2 is 2.00 bits per heavy atom. The maximum Gasteiger partial charge on any atom is 0.253 e. The van der Waals surface area contributed by atoms with E-state index >= 15 is 0 Å². The van der Waals surface area contributed by atoms with Crippen molar-refractivity contribution in [2.75, 3.05) is 20.2 Å². The molecule has 0 fully saturated rings. The van der Waals surface area contributed by atoms with Crippen molar-refractivity contribution in [2.45, 2.75) is 20.3 Å². The molecule has 0 saturated heterocycles. The summed E-state index contributed by atoms with van der Waals surface area (Å²) in [6.45, 7) is 5.11. The number of hydrogen-bond acceptors (Lipinski definition) is 4. The molecule has 116 valence electrons. The fraction of sp³-hybridized carbons (Fsp3) is 0.467. The zero-order valence-electron chi connectivity index (χ0n) is 12.7. The Hall–Kier alpha value is -2.24. The van der Waals surface area contributed by atoms with Gasteiger partial charge in [-0.25, -0.2) is 0 Å². The Kier molecular flexibility index (Phi) is 6.52. The van der Waals surface area contributed by atoms with Gasteiger partial charge in [0.2, 0.25) is 0 Å². The monoisotopic (exact) mass is 293 g/mol. The molecule has 0 saturated carbocycles. The summed E-state index contributed by atoms with van der Waals surface area (Å²) >= 11 is 0. The van der Waals surface area contributed by atoms with Gasteiger partial charge in [-0.2, -0.15) is 0 Å². The highest BCUT2D eigenvalue weighted by Gasteiger charge is 2.17. The van der Waals surface area contributed by atoms with E-state index in [0.29, 0.717) is 36.7 Å². The average molecular weight is 293 g/mol.